The summed E-state index contributed by atoms with van der Waals surface area (Å²) in [4.78, 5) is 2.56. The molecule has 0 radical (unpaired) electrons. The number of nitrogens with zero attached hydrogens (tertiary/aromatic N) is 1. The van der Waals surface area contributed by atoms with E-state index in [-0.39, 0.29) is 0 Å². The molecule has 94 valence electrons. The van der Waals surface area contributed by atoms with Crippen LogP contribution in [0.2, 0.25) is 0 Å². The van der Waals surface area contributed by atoms with Crippen LogP contribution in [0.4, 0.5) is 0 Å². The highest BCUT2D eigenvalue weighted by Crippen LogP contribution is 2.34. The third-order valence-corrected chi connectivity index (χ3v) is 4.39. The van der Waals surface area contributed by atoms with E-state index >= 15 is 0 Å². The van der Waals surface area contributed by atoms with Gasteiger partial charge < -0.3 is 10.2 Å². The van der Waals surface area contributed by atoms with Crippen LogP contribution in [0.25, 0.3) is 0 Å². The van der Waals surface area contributed by atoms with Crippen LogP contribution >= 0.6 is 0 Å². The summed E-state index contributed by atoms with van der Waals surface area (Å²) >= 11 is 0. The van der Waals surface area contributed by atoms with Crippen LogP contribution < -0.4 is 5.32 Å². The van der Waals surface area contributed by atoms with Crippen molar-refractivity contribution in [3.8, 4) is 0 Å². The quantitative estimate of drug-likeness (QED) is 0.746. The molecule has 2 rings (SSSR count). The maximum absolute atomic E-state index is 3.73. The highest BCUT2D eigenvalue weighted by molar-refractivity contribution is 4.92. The monoisotopic (exact) mass is 224 g/mol. The molecule has 2 aliphatic rings. The van der Waals surface area contributed by atoms with Gasteiger partial charge in [0.25, 0.3) is 0 Å². The number of piperidine rings is 1. The minimum absolute atomic E-state index is 0.852. The van der Waals surface area contributed by atoms with Gasteiger partial charge in [0.1, 0.15) is 0 Å². The second kappa shape index (κ2) is 6.02. The minimum Gasteiger partial charge on any atom is -0.314 e. The lowest BCUT2D eigenvalue weighted by Gasteiger charge is -2.32. The lowest BCUT2D eigenvalue weighted by molar-refractivity contribution is 0.175. The van der Waals surface area contributed by atoms with Crippen LogP contribution in [0, 0.1) is 5.92 Å². The average Bonchev–Trinajstić information content (AvgIpc) is 3.00. The third kappa shape index (κ3) is 3.46. The molecule has 3 unspecified atom stereocenters. The van der Waals surface area contributed by atoms with Crippen molar-refractivity contribution in [1.29, 1.82) is 0 Å². The molecular formula is C14H28N2. The van der Waals surface area contributed by atoms with Crippen molar-refractivity contribution in [2.24, 2.45) is 5.92 Å². The fourth-order valence-electron chi connectivity index (χ4n) is 3.13. The van der Waals surface area contributed by atoms with Gasteiger partial charge in [-0.3, -0.25) is 0 Å². The van der Waals surface area contributed by atoms with Crippen molar-refractivity contribution < 1.29 is 0 Å². The van der Waals surface area contributed by atoms with Crippen LogP contribution in [0.3, 0.4) is 0 Å². The van der Waals surface area contributed by atoms with Gasteiger partial charge in [-0.25, -0.2) is 0 Å². The summed E-state index contributed by atoms with van der Waals surface area (Å²) in [7, 11) is 2.29. The van der Waals surface area contributed by atoms with Gasteiger partial charge in [-0.15, -0.1) is 0 Å². The molecule has 0 aromatic rings. The number of nitrogens with one attached hydrogen (secondary N) is 1. The number of hydrogen-bond donors (Lipinski definition) is 1. The summed E-state index contributed by atoms with van der Waals surface area (Å²) in [6.45, 7) is 4.85. The molecule has 1 heterocycles. The van der Waals surface area contributed by atoms with E-state index in [1.807, 2.05) is 0 Å². The van der Waals surface area contributed by atoms with Crippen molar-refractivity contribution in [1.82, 2.24) is 10.2 Å². The van der Waals surface area contributed by atoms with Crippen molar-refractivity contribution >= 4 is 0 Å². The lowest BCUT2D eigenvalue weighted by Crippen LogP contribution is -2.38. The molecule has 0 spiro atoms. The molecule has 2 heteroatoms. The van der Waals surface area contributed by atoms with Gasteiger partial charge in [-0.1, -0.05) is 19.8 Å². The largest absolute Gasteiger partial charge is 0.314 e. The summed E-state index contributed by atoms with van der Waals surface area (Å²) in [5.41, 5.74) is 0. The van der Waals surface area contributed by atoms with E-state index in [2.05, 4.69) is 24.2 Å². The first-order valence-electron chi connectivity index (χ1n) is 7.25. The van der Waals surface area contributed by atoms with Gasteiger partial charge >= 0.3 is 0 Å². The van der Waals surface area contributed by atoms with Crippen LogP contribution in [0.15, 0.2) is 0 Å². The summed E-state index contributed by atoms with van der Waals surface area (Å²) in [6, 6.07) is 1.72. The van der Waals surface area contributed by atoms with Gasteiger partial charge in [-0.2, -0.15) is 0 Å². The SMILES string of the molecule is CCCC1CC1NCCC1CCCCN1C. The normalized spacial score (nSPS) is 35.2. The minimum atomic E-state index is 0.852. The maximum atomic E-state index is 3.73. The smallest absolute Gasteiger partial charge is 0.0104 e. The lowest BCUT2D eigenvalue weighted by atomic mass is 10.0. The Kier molecular flexibility index (Phi) is 4.66. The van der Waals surface area contributed by atoms with Crippen LogP contribution in [0.1, 0.15) is 51.9 Å². The molecule has 16 heavy (non-hydrogen) atoms. The van der Waals surface area contributed by atoms with E-state index in [1.54, 1.807) is 0 Å². The summed E-state index contributed by atoms with van der Waals surface area (Å²) in [6.07, 6.45) is 9.84. The van der Waals surface area contributed by atoms with Crippen LogP contribution in [-0.4, -0.2) is 37.1 Å². The molecule has 0 aromatic heterocycles. The zero-order valence-electron chi connectivity index (χ0n) is 11.0. The Hall–Kier alpha value is -0.0800. The van der Waals surface area contributed by atoms with Gasteiger partial charge in [0.05, 0.1) is 0 Å². The van der Waals surface area contributed by atoms with Gasteiger partial charge in [0.2, 0.25) is 0 Å². The standard InChI is InChI=1S/C14H28N2/c1-3-6-12-11-14(12)15-9-8-13-7-4-5-10-16(13)2/h12-15H,3-11H2,1-2H3. The molecule has 1 saturated carbocycles. The Morgan fingerprint density at radius 2 is 2.12 bits per heavy atom. The van der Waals surface area contributed by atoms with E-state index in [9.17, 15) is 0 Å². The Labute approximate surface area is 101 Å². The molecule has 3 atom stereocenters. The zero-order valence-corrected chi connectivity index (χ0v) is 11.0. The zero-order chi connectivity index (χ0) is 11.4. The molecule has 1 aliphatic carbocycles. The molecule has 2 nitrogen and oxygen atoms in total. The van der Waals surface area contributed by atoms with E-state index < -0.39 is 0 Å². The van der Waals surface area contributed by atoms with Crippen molar-refractivity contribution in [3.63, 3.8) is 0 Å². The van der Waals surface area contributed by atoms with E-state index in [4.69, 9.17) is 0 Å². The molecular weight excluding hydrogens is 196 g/mol. The Bertz CT molecular complexity index is 205. The van der Waals surface area contributed by atoms with Crippen molar-refractivity contribution in [3.05, 3.63) is 0 Å². The highest BCUT2D eigenvalue weighted by Gasteiger charge is 2.35. The molecule has 1 N–H and O–H groups in total. The van der Waals surface area contributed by atoms with E-state index in [0.717, 1.165) is 18.0 Å². The third-order valence-electron chi connectivity index (χ3n) is 4.39. The second-order valence-corrected chi connectivity index (χ2v) is 5.76. The summed E-state index contributed by atoms with van der Waals surface area (Å²) in [5, 5.41) is 3.73. The number of hydrogen-bond acceptors (Lipinski definition) is 2. The summed E-state index contributed by atoms with van der Waals surface area (Å²) in [5.74, 6) is 1.01. The highest BCUT2D eigenvalue weighted by atomic mass is 15.1. The van der Waals surface area contributed by atoms with Gasteiger partial charge in [0.15, 0.2) is 0 Å². The van der Waals surface area contributed by atoms with Gasteiger partial charge in [0, 0.05) is 12.1 Å². The molecule has 0 aromatic carbocycles. The van der Waals surface area contributed by atoms with E-state index in [0.29, 0.717) is 0 Å². The Morgan fingerprint density at radius 3 is 2.88 bits per heavy atom. The predicted molar refractivity (Wildman–Crippen MR) is 69.7 cm³/mol. The first-order valence-corrected chi connectivity index (χ1v) is 7.25. The topological polar surface area (TPSA) is 15.3 Å². The van der Waals surface area contributed by atoms with Crippen LogP contribution in [-0.2, 0) is 0 Å². The fourth-order valence-corrected chi connectivity index (χ4v) is 3.13. The molecule has 0 bridgehead atoms. The Balaban J connectivity index is 1.54. The predicted octanol–water partition coefficient (Wildman–Crippen LogP) is 2.64. The molecule has 0 amide bonds. The van der Waals surface area contributed by atoms with E-state index in [1.165, 1.54) is 58.0 Å². The number of rotatable bonds is 6. The maximum Gasteiger partial charge on any atom is 0.0104 e. The first-order chi connectivity index (χ1) is 7.81. The molecule has 1 aliphatic heterocycles. The van der Waals surface area contributed by atoms with Crippen LogP contribution in [0.5, 0.6) is 0 Å². The molecule has 1 saturated heterocycles. The van der Waals surface area contributed by atoms with Crippen molar-refractivity contribution in [2.45, 2.75) is 64.0 Å². The van der Waals surface area contributed by atoms with Gasteiger partial charge in [-0.05, 0) is 58.2 Å². The number of likely N-dealkylation sites (tertiary alicyclic amines) is 1. The second-order valence-electron chi connectivity index (χ2n) is 5.76. The fraction of sp³-hybridized carbons (Fsp3) is 1.00. The Morgan fingerprint density at radius 1 is 1.25 bits per heavy atom. The van der Waals surface area contributed by atoms with Crippen molar-refractivity contribution in [2.75, 3.05) is 20.1 Å². The summed E-state index contributed by atoms with van der Waals surface area (Å²) < 4.78 is 0. The molecule has 2 fully saturated rings. The first kappa shape index (κ1) is 12.4. The average molecular weight is 224 g/mol.